The number of aryl methyl sites for hydroxylation is 1. The molecule has 0 saturated heterocycles. The van der Waals surface area contributed by atoms with E-state index in [0.717, 1.165) is 41.0 Å². The highest BCUT2D eigenvalue weighted by Gasteiger charge is 2.34. The first-order chi connectivity index (χ1) is 16.0. The Morgan fingerprint density at radius 2 is 1.71 bits per heavy atom. The van der Waals surface area contributed by atoms with Crippen LogP contribution in [0, 0.1) is 18.3 Å². The van der Waals surface area contributed by atoms with Crippen LogP contribution < -0.4 is 10.6 Å². The molecule has 7 heteroatoms. The van der Waals surface area contributed by atoms with Crippen LogP contribution in [0.25, 0.3) is 0 Å². The van der Waals surface area contributed by atoms with Gasteiger partial charge in [0.2, 0.25) is 0 Å². The molecule has 0 spiro atoms. The van der Waals surface area contributed by atoms with E-state index >= 15 is 0 Å². The summed E-state index contributed by atoms with van der Waals surface area (Å²) < 4.78 is 0. The number of fused-ring (bicyclic) bond motifs is 1. The highest BCUT2D eigenvalue weighted by Crippen LogP contribution is 2.44. The van der Waals surface area contributed by atoms with Gasteiger partial charge in [-0.25, -0.2) is 0 Å². The molecule has 2 aromatic carbocycles. The molecule has 1 aromatic heterocycles. The van der Waals surface area contributed by atoms with Crippen molar-refractivity contribution in [3.8, 4) is 0 Å². The van der Waals surface area contributed by atoms with Gasteiger partial charge in [0.15, 0.2) is 0 Å². The first-order valence-electron chi connectivity index (χ1n) is 11.3. The molecule has 0 radical (unpaired) electrons. The molecular formula is C27H28Cl2N2O2S. The number of halogens is 2. The van der Waals surface area contributed by atoms with E-state index in [4.69, 9.17) is 23.2 Å². The van der Waals surface area contributed by atoms with Crippen molar-refractivity contribution in [3.63, 3.8) is 0 Å². The van der Waals surface area contributed by atoms with Crippen LogP contribution in [-0.4, -0.2) is 11.8 Å². The zero-order valence-electron chi connectivity index (χ0n) is 19.7. The minimum Gasteiger partial charge on any atom is -0.322 e. The molecular weight excluding hydrogens is 487 g/mol. The number of hydrogen-bond acceptors (Lipinski definition) is 3. The van der Waals surface area contributed by atoms with E-state index in [9.17, 15) is 9.59 Å². The van der Waals surface area contributed by atoms with E-state index in [1.54, 1.807) is 12.1 Å². The molecule has 0 saturated carbocycles. The Hall–Kier alpha value is -2.34. The van der Waals surface area contributed by atoms with E-state index < -0.39 is 0 Å². The monoisotopic (exact) mass is 514 g/mol. The lowest BCUT2D eigenvalue weighted by atomic mass is 9.72. The van der Waals surface area contributed by atoms with Gasteiger partial charge in [0.1, 0.15) is 5.00 Å². The molecule has 1 aliphatic rings. The summed E-state index contributed by atoms with van der Waals surface area (Å²) >= 11 is 13.7. The Kier molecular flexibility index (Phi) is 7.09. The number of benzene rings is 2. The standard InChI is InChI=1S/C27H28Cl2N2O2S/c1-15-5-9-18(10-6-15)30-25(33)23-20-11-7-16(27(2,3)4)13-22(20)34-26(23)31-24(32)19-12-8-17(28)14-21(19)29/h5-6,8-10,12,14,16H,7,11,13H2,1-4H3,(H,30,33)(H,31,32)/t16-/m0/s1. The Bertz CT molecular complexity index is 1240. The summed E-state index contributed by atoms with van der Waals surface area (Å²) in [6, 6.07) is 12.4. The van der Waals surface area contributed by atoms with Gasteiger partial charge in [0.25, 0.3) is 11.8 Å². The van der Waals surface area contributed by atoms with Crippen LogP contribution in [0.3, 0.4) is 0 Å². The molecule has 4 rings (SSSR count). The second-order valence-corrected chi connectivity index (χ2v) is 11.9. The van der Waals surface area contributed by atoms with Gasteiger partial charge >= 0.3 is 0 Å². The van der Waals surface area contributed by atoms with Crippen molar-refractivity contribution in [2.45, 2.75) is 47.0 Å². The lowest BCUT2D eigenvalue weighted by Crippen LogP contribution is -2.27. The second kappa shape index (κ2) is 9.73. The average Bonchev–Trinajstić information content (AvgIpc) is 3.11. The molecule has 2 N–H and O–H groups in total. The summed E-state index contributed by atoms with van der Waals surface area (Å²) in [6.45, 7) is 8.77. The Morgan fingerprint density at radius 3 is 2.35 bits per heavy atom. The van der Waals surface area contributed by atoms with Crippen molar-refractivity contribution in [3.05, 3.63) is 79.6 Å². The predicted octanol–water partition coefficient (Wildman–Crippen LogP) is 8.02. The summed E-state index contributed by atoms with van der Waals surface area (Å²) in [4.78, 5) is 27.7. The molecule has 4 nitrogen and oxygen atoms in total. The van der Waals surface area contributed by atoms with Crippen LogP contribution in [0.1, 0.15) is 63.9 Å². The van der Waals surface area contributed by atoms with Gasteiger partial charge in [-0.3, -0.25) is 9.59 Å². The molecule has 0 fully saturated rings. The molecule has 0 aliphatic heterocycles. The highest BCUT2D eigenvalue weighted by atomic mass is 35.5. The van der Waals surface area contributed by atoms with Crippen molar-refractivity contribution < 1.29 is 9.59 Å². The van der Waals surface area contributed by atoms with Crippen LogP contribution >= 0.6 is 34.5 Å². The van der Waals surface area contributed by atoms with Crippen LogP contribution in [0.4, 0.5) is 10.7 Å². The molecule has 178 valence electrons. The third kappa shape index (κ3) is 5.32. The fourth-order valence-corrected chi connectivity index (χ4v) is 6.14. The number of rotatable bonds is 4. The smallest absolute Gasteiger partial charge is 0.258 e. The molecule has 1 atom stereocenters. The molecule has 1 heterocycles. The van der Waals surface area contributed by atoms with E-state index in [2.05, 4.69) is 31.4 Å². The van der Waals surface area contributed by atoms with Crippen LogP contribution in [0.5, 0.6) is 0 Å². The quantitative estimate of drug-likeness (QED) is 0.370. The van der Waals surface area contributed by atoms with Crippen LogP contribution in [0.15, 0.2) is 42.5 Å². The predicted molar refractivity (Wildman–Crippen MR) is 143 cm³/mol. The number of carbonyl (C=O) groups is 2. The number of hydrogen-bond donors (Lipinski definition) is 2. The number of thiophene rings is 1. The molecule has 0 unspecified atom stereocenters. The van der Waals surface area contributed by atoms with Gasteiger partial charge in [0, 0.05) is 15.6 Å². The van der Waals surface area contributed by atoms with E-state index in [-0.39, 0.29) is 22.3 Å². The Morgan fingerprint density at radius 1 is 1.00 bits per heavy atom. The van der Waals surface area contributed by atoms with Gasteiger partial charge < -0.3 is 10.6 Å². The number of anilines is 2. The van der Waals surface area contributed by atoms with Gasteiger partial charge in [-0.05, 0) is 73.4 Å². The average molecular weight is 516 g/mol. The summed E-state index contributed by atoms with van der Waals surface area (Å²) in [5, 5.41) is 7.26. The molecule has 0 bridgehead atoms. The van der Waals surface area contributed by atoms with Crippen molar-refractivity contribution in [2.24, 2.45) is 11.3 Å². The molecule has 2 amide bonds. The third-order valence-corrected chi connectivity index (χ3v) is 8.15. The Labute approximate surface area is 214 Å². The molecule has 34 heavy (non-hydrogen) atoms. The summed E-state index contributed by atoms with van der Waals surface area (Å²) in [5.74, 6) is -0.0639. The zero-order chi connectivity index (χ0) is 24.6. The van der Waals surface area contributed by atoms with Gasteiger partial charge in [-0.2, -0.15) is 0 Å². The van der Waals surface area contributed by atoms with E-state index in [1.807, 2.05) is 31.2 Å². The summed E-state index contributed by atoms with van der Waals surface area (Å²) in [6.07, 6.45) is 2.71. The van der Waals surface area contributed by atoms with Crippen molar-refractivity contribution >= 4 is 57.0 Å². The molecule has 1 aliphatic carbocycles. The van der Waals surface area contributed by atoms with Gasteiger partial charge in [-0.1, -0.05) is 61.7 Å². The van der Waals surface area contributed by atoms with Crippen LogP contribution in [0.2, 0.25) is 10.0 Å². The maximum absolute atomic E-state index is 13.5. The third-order valence-electron chi connectivity index (χ3n) is 6.43. The van der Waals surface area contributed by atoms with Gasteiger partial charge in [0.05, 0.1) is 16.1 Å². The lowest BCUT2D eigenvalue weighted by molar-refractivity contribution is 0.102. The normalized spacial score (nSPS) is 15.5. The lowest BCUT2D eigenvalue weighted by Gasteiger charge is -2.33. The maximum Gasteiger partial charge on any atom is 0.258 e. The highest BCUT2D eigenvalue weighted by molar-refractivity contribution is 7.17. The first kappa shape index (κ1) is 24.8. The first-order valence-corrected chi connectivity index (χ1v) is 12.9. The number of amides is 2. The Balaban J connectivity index is 1.69. The SMILES string of the molecule is Cc1ccc(NC(=O)c2c(NC(=O)c3ccc(Cl)cc3Cl)sc3c2CC[C@H](C(C)(C)C)C3)cc1. The minimum atomic E-state index is -0.364. The maximum atomic E-state index is 13.5. The zero-order valence-corrected chi connectivity index (χ0v) is 22.0. The largest absolute Gasteiger partial charge is 0.322 e. The summed E-state index contributed by atoms with van der Waals surface area (Å²) in [7, 11) is 0. The number of carbonyl (C=O) groups excluding carboxylic acids is 2. The van der Waals surface area contributed by atoms with Crippen molar-refractivity contribution in [1.82, 2.24) is 0 Å². The molecule has 3 aromatic rings. The van der Waals surface area contributed by atoms with E-state index in [0.29, 0.717) is 27.1 Å². The van der Waals surface area contributed by atoms with Crippen molar-refractivity contribution in [2.75, 3.05) is 10.6 Å². The number of nitrogens with one attached hydrogen (secondary N) is 2. The second-order valence-electron chi connectivity index (χ2n) is 9.91. The van der Waals surface area contributed by atoms with Gasteiger partial charge in [-0.15, -0.1) is 11.3 Å². The van der Waals surface area contributed by atoms with Crippen LogP contribution in [-0.2, 0) is 12.8 Å². The fraction of sp³-hybridized carbons (Fsp3) is 0.333. The van der Waals surface area contributed by atoms with Crippen molar-refractivity contribution in [1.29, 1.82) is 0 Å². The van der Waals surface area contributed by atoms with E-state index in [1.165, 1.54) is 17.4 Å². The fourth-order valence-electron chi connectivity index (χ4n) is 4.33. The summed E-state index contributed by atoms with van der Waals surface area (Å²) in [5.41, 5.74) is 3.91. The minimum absolute atomic E-state index is 0.173. The topological polar surface area (TPSA) is 58.2 Å².